The summed E-state index contributed by atoms with van der Waals surface area (Å²) in [4.78, 5) is 25.7. The summed E-state index contributed by atoms with van der Waals surface area (Å²) in [5.41, 5.74) is 4.52. The molecule has 284 valence electrons. The summed E-state index contributed by atoms with van der Waals surface area (Å²) in [5.74, 6) is -0.207. The van der Waals surface area contributed by atoms with E-state index in [2.05, 4.69) is 23.7 Å². The third-order valence-corrected chi connectivity index (χ3v) is 10.5. The van der Waals surface area contributed by atoms with Crippen molar-refractivity contribution in [1.82, 2.24) is 9.88 Å². The van der Waals surface area contributed by atoms with Crippen molar-refractivity contribution in [2.45, 2.75) is 96.5 Å². The summed E-state index contributed by atoms with van der Waals surface area (Å²) in [6.07, 6.45) is 9.43. The van der Waals surface area contributed by atoms with Crippen LogP contribution in [-0.4, -0.2) is 83.8 Å². The lowest BCUT2D eigenvalue weighted by Gasteiger charge is -2.59. The number of aryl methyl sites for hydroxylation is 1. The number of hydrogen-bond donors (Lipinski definition) is 2. The van der Waals surface area contributed by atoms with Gasteiger partial charge in [0.05, 0.1) is 31.0 Å². The maximum Gasteiger partial charge on any atom is 0.409 e. The number of rotatable bonds is 19. The molecule has 1 amide bonds. The third kappa shape index (κ3) is 8.48. The van der Waals surface area contributed by atoms with Crippen LogP contribution < -0.4 is 9.47 Å². The lowest BCUT2D eigenvalue weighted by atomic mass is 9.55. The number of aromatic nitrogens is 1. The number of unbranched alkanes of at least 4 members (excludes halogenated alkanes) is 2. The summed E-state index contributed by atoms with van der Waals surface area (Å²) in [6, 6.07) is 11.2. The van der Waals surface area contributed by atoms with E-state index in [-0.39, 0.29) is 43.5 Å². The minimum Gasteiger partial charge on any atom is -0.487 e. The molecule has 5 rings (SSSR count). The average Bonchev–Trinajstić information content (AvgIpc) is 3.15. The molecule has 0 spiro atoms. The first kappa shape index (κ1) is 39.3. The van der Waals surface area contributed by atoms with Crippen molar-refractivity contribution in [1.29, 1.82) is 0 Å². The van der Waals surface area contributed by atoms with E-state index < -0.39 is 17.9 Å². The van der Waals surface area contributed by atoms with Crippen LogP contribution in [-0.2, 0) is 20.9 Å². The second-order valence-electron chi connectivity index (χ2n) is 13.9. The number of benzene rings is 1. The summed E-state index contributed by atoms with van der Waals surface area (Å²) >= 11 is 0. The molecule has 1 aromatic carbocycles. The zero-order valence-corrected chi connectivity index (χ0v) is 31.3. The SMILES string of the molecule is C=CCO[C@@]12Oc3ccc(OCc4cccc(C)n4)cc3[C@H]3[C@H](CCCCO)[C@@H](CCCCO)C=C(C(=NOCC)C[C@@H]1N(CCC)C(=O)OC)[C@H]32. The van der Waals surface area contributed by atoms with E-state index in [1.807, 2.05) is 51.1 Å². The van der Waals surface area contributed by atoms with E-state index in [4.69, 9.17) is 28.9 Å². The van der Waals surface area contributed by atoms with Crippen molar-refractivity contribution in [3.05, 3.63) is 77.7 Å². The maximum absolute atomic E-state index is 13.6. The predicted molar refractivity (Wildman–Crippen MR) is 199 cm³/mol. The van der Waals surface area contributed by atoms with Gasteiger partial charge in [-0.05, 0) is 93.7 Å². The zero-order valence-electron chi connectivity index (χ0n) is 31.3. The number of nitrogens with zero attached hydrogens (tertiary/aromatic N) is 3. The van der Waals surface area contributed by atoms with E-state index in [1.165, 1.54) is 7.11 Å². The molecule has 0 unspecified atom stereocenters. The number of carbonyl (C=O) groups is 1. The smallest absolute Gasteiger partial charge is 0.409 e. The molecule has 0 saturated heterocycles. The zero-order chi connectivity index (χ0) is 37.1. The highest BCUT2D eigenvalue weighted by Crippen LogP contribution is 2.62. The van der Waals surface area contributed by atoms with Crippen molar-refractivity contribution in [2.75, 3.05) is 40.1 Å². The van der Waals surface area contributed by atoms with Crippen LogP contribution in [0.25, 0.3) is 0 Å². The molecule has 52 heavy (non-hydrogen) atoms. The van der Waals surface area contributed by atoms with Crippen LogP contribution >= 0.6 is 0 Å². The first-order valence-electron chi connectivity index (χ1n) is 19.0. The molecule has 1 saturated carbocycles. The number of aliphatic hydroxyl groups is 2. The van der Waals surface area contributed by atoms with Crippen molar-refractivity contribution in [3.8, 4) is 11.5 Å². The molecule has 2 heterocycles. The van der Waals surface area contributed by atoms with Crippen LogP contribution in [0.3, 0.4) is 0 Å². The van der Waals surface area contributed by atoms with Crippen LogP contribution in [0.4, 0.5) is 4.79 Å². The fourth-order valence-corrected chi connectivity index (χ4v) is 8.45. The van der Waals surface area contributed by atoms with Crippen molar-refractivity contribution in [3.63, 3.8) is 0 Å². The molecule has 2 N–H and O–H groups in total. The summed E-state index contributed by atoms with van der Waals surface area (Å²) in [5, 5.41) is 24.3. The maximum atomic E-state index is 13.6. The number of carbonyl (C=O) groups excluding carboxylic acids is 1. The molecule has 6 atom stereocenters. The number of oxime groups is 1. The highest BCUT2D eigenvalue weighted by atomic mass is 16.7. The van der Waals surface area contributed by atoms with Gasteiger partial charge < -0.3 is 34.0 Å². The fourth-order valence-electron chi connectivity index (χ4n) is 8.45. The largest absolute Gasteiger partial charge is 0.487 e. The standard InChI is InChI=1S/C41H57N3O8/c1-6-20-44(40(47)48-5)37-26-35(43-51-8-3)33-24-29(15-9-11-21-45)32(17-10-12-22-46)38-34-25-31(49-27-30-16-13-14-28(4)42-30)18-19-36(34)52-41(37,39(33)38)50-23-7-2/h7,13-14,16,18-19,24-25,29,32,37-39,45-46H,2,6,8-12,15,17,20-23,26-27H2,1,3-5H3/t29-,32+,37-,38+,39+,41+/m0/s1. The number of allylic oxidation sites excluding steroid dienone is 1. The Labute approximate surface area is 308 Å². The second-order valence-corrected chi connectivity index (χ2v) is 13.9. The molecule has 1 aliphatic heterocycles. The highest BCUT2D eigenvalue weighted by Gasteiger charge is 2.65. The topological polar surface area (TPSA) is 132 Å². The van der Waals surface area contributed by atoms with Gasteiger partial charge in [0.25, 0.3) is 0 Å². The summed E-state index contributed by atoms with van der Waals surface area (Å²) < 4.78 is 25.9. The lowest BCUT2D eigenvalue weighted by molar-refractivity contribution is -0.255. The van der Waals surface area contributed by atoms with Crippen LogP contribution in [0.1, 0.15) is 88.1 Å². The van der Waals surface area contributed by atoms with E-state index in [9.17, 15) is 15.0 Å². The molecule has 2 aliphatic carbocycles. The summed E-state index contributed by atoms with van der Waals surface area (Å²) in [6.45, 7) is 11.5. The Morgan fingerprint density at radius 3 is 2.62 bits per heavy atom. The second kappa shape index (κ2) is 18.7. The van der Waals surface area contributed by atoms with E-state index in [1.54, 1.807) is 11.0 Å². The third-order valence-electron chi connectivity index (χ3n) is 10.5. The molecule has 0 radical (unpaired) electrons. The Morgan fingerprint density at radius 2 is 1.92 bits per heavy atom. The quantitative estimate of drug-likeness (QED) is 0.0887. The van der Waals surface area contributed by atoms with Gasteiger partial charge in [0, 0.05) is 43.4 Å². The van der Waals surface area contributed by atoms with Gasteiger partial charge in [-0.25, -0.2) is 4.79 Å². The van der Waals surface area contributed by atoms with Crippen LogP contribution in [0.5, 0.6) is 11.5 Å². The molecular formula is C41H57N3O8. The molecule has 1 fully saturated rings. The van der Waals surface area contributed by atoms with E-state index in [0.717, 1.165) is 53.9 Å². The Morgan fingerprint density at radius 1 is 1.13 bits per heavy atom. The number of hydrogen-bond acceptors (Lipinski definition) is 10. The Balaban J connectivity index is 1.73. The van der Waals surface area contributed by atoms with Gasteiger partial charge in [-0.1, -0.05) is 43.1 Å². The number of pyridine rings is 1. The molecule has 11 nitrogen and oxygen atoms in total. The van der Waals surface area contributed by atoms with Crippen molar-refractivity contribution >= 4 is 11.8 Å². The van der Waals surface area contributed by atoms with Gasteiger partial charge in [0.1, 0.15) is 30.8 Å². The lowest BCUT2D eigenvalue weighted by Crippen LogP contribution is -2.70. The summed E-state index contributed by atoms with van der Waals surface area (Å²) in [7, 11) is 1.40. The molecule has 2 aromatic rings. The molecule has 0 bridgehead atoms. The number of methoxy groups -OCH3 is 1. The minimum absolute atomic E-state index is 0.117. The Kier molecular flexibility index (Phi) is 14.1. The van der Waals surface area contributed by atoms with Gasteiger partial charge in [0.2, 0.25) is 5.79 Å². The van der Waals surface area contributed by atoms with Gasteiger partial charge in [-0.3, -0.25) is 9.88 Å². The highest BCUT2D eigenvalue weighted by molar-refractivity contribution is 6.02. The average molecular weight is 720 g/mol. The number of amides is 1. The predicted octanol–water partition coefficient (Wildman–Crippen LogP) is 7.10. The number of ether oxygens (including phenoxy) is 4. The first-order chi connectivity index (χ1) is 25.3. The molecular weight excluding hydrogens is 662 g/mol. The van der Waals surface area contributed by atoms with Crippen molar-refractivity contribution < 1.29 is 38.8 Å². The van der Waals surface area contributed by atoms with E-state index >= 15 is 0 Å². The van der Waals surface area contributed by atoms with Crippen LogP contribution in [0.2, 0.25) is 0 Å². The normalized spacial score (nSPS) is 25.3. The minimum atomic E-state index is -1.31. The van der Waals surface area contributed by atoms with Crippen LogP contribution in [0.15, 0.2) is 65.9 Å². The molecule has 1 aromatic heterocycles. The first-order valence-corrected chi connectivity index (χ1v) is 19.0. The van der Waals surface area contributed by atoms with E-state index in [0.29, 0.717) is 56.9 Å². The fraction of sp³-hybridized carbons (Fsp3) is 0.585. The monoisotopic (exact) mass is 719 g/mol. The Hall–Kier alpha value is -3.93. The molecule has 3 aliphatic rings. The van der Waals surface area contributed by atoms with Gasteiger partial charge in [-0.2, -0.15) is 0 Å². The van der Waals surface area contributed by atoms with Crippen LogP contribution in [0, 0.1) is 24.7 Å². The molecule has 11 heteroatoms. The number of fused-ring (bicyclic) bond motifs is 2. The van der Waals surface area contributed by atoms with Gasteiger partial charge >= 0.3 is 6.09 Å². The van der Waals surface area contributed by atoms with Crippen molar-refractivity contribution in [2.24, 2.45) is 22.9 Å². The Bertz CT molecular complexity index is 1560. The number of aliphatic hydroxyl groups excluding tert-OH is 2. The van der Waals surface area contributed by atoms with Gasteiger partial charge in [-0.15, -0.1) is 6.58 Å². The van der Waals surface area contributed by atoms with Gasteiger partial charge in [0.15, 0.2) is 0 Å².